The Morgan fingerprint density at radius 1 is 1.34 bits per heavy atom. The topological polar surface area (TPSA) is 65.1 Å². The van der Waals surface area contributed by atoms with Crippen LogP contribution in [0.2, 0.25) is 5.15 Å². The molecule has 1 aliphatic heterocycles. The van der Waals surface area contributed by atoms with Crippen LogP contribution >= 0.6 is 50.1 Å². The van der Waals surface area contributed by atoms with Gasteiger partial charge >= 0.3 is 7.12 Å². The van der Waals surface area contributed by atoms with Crippen LogP contribution in [0.25, 0.3) is 0 Å². The van der Waals surface area contributed by atoms with E-state index in [2.05, 4.69) is 60.3 Å². The van der Waals surface area contributed by atoms with Crippen LogP contribution in [0.4, 0.5) is 4.39 Å². The van der Waals surface area contributed by atoms with E-state index in [1.54, 1.807) is 17.7 Å². The van der Waals surface area contributed by atoms with Gasteiger partial charge in [-0.25, -0.2) is 4.39 Å². The van der Waals surface area contributed by atoms with Crippen molar-refractivity contribution in [1.82, 2.24) is 19.6 Å². The van der Waals surface area contributed by atoms with E-state index >= 15 is 0 Å². The van der Waals surface area contributed by atoms with E-state index in [9.17, 15) is 9.41 Å². The van der Waals surface area contributed by atoms with Gasteiger partial charge in [0.25, 0.3) is 0 Å². The molecule has 1 fully saturated rings. The normalized spacial score (nSPS) is 17.4. The van der Waals surface area contributed by atoms with Crippen molar-refractivity contribution < 1.29 is 14.1 Å². The molecule has 1 saturated carbocycles. The Balaban J connectivity index is 0.000000174. The summed E-state index contributed by atoms with van der Waals surface area (Å²) in [5, 5.41) is 19.0. The maximum Gasteiger partial charge on any atom is 0.491 e. The van der Waals surface area contributed by atoms with Crippen molar-refractivity contribution in [2.75, 3.05) is 0 Å². The van der Waals surface area contributed by atoms with Crippen molar-refractivity contribution in [3.8, 4) is 0 Å². The lowest BCUT2D eigenvalue weighted by Crippen LogP contribution is -2.27. The Bertz CT molecular complexity index is 1150. The number of benzene rings is 1. The summed E-state index contributed by atoms with van der Waals surface area (Å²) in [5.41, 5.74) is 4.75. The molecule has 2 aromatic heterocycles. The maximum absolute atomic E-state index is 12.7. The Morgan fingerprint density at radius 2 is 2.06 bits per heavy atom. The number of aryl methyl sites for hydroxylation is 2. The molecule has 0 radical (unpaired) electrons. The fourth-order valence-electron chi connectivity index (χ4n) is 3.76. The molecule has 1 aromatic carbocycles. The average molecular weight is 636 g/mol. The van der Waals surface area contributed by atoms with E-state index in [1.807, 2.05) is 7.05 Å². The van der Waals surface area contributed by atoms with E-state index in [1.165, 1.54) is 30.5 Å². The van der Waals surface area contributed by atoms with Crippen LogP contribution in [-0.2, 0) is 24.7 Å². The van der Waals surface area contributed by atoms with Gasteiger partial charge in [0.15, 0.2) is 0 Å². The summed E-state index contributed by atoms with van der Waals surface area (Å²) in [6.07, 6.45) is 3.20. The summed E-state index contributed by atoms with van der Waals surface area (Å²) < 4.78 is 23.6. The second kappa shape index (κ2) is 9.73. The minimum Gasteiger partial charge on any atom is -0.423 e. The molecule has 3 heterocycles. The molecule has 1 N–H and O–H groups in total. The molecule has 0 amide bonds. The highest BCUT2D eigenvalue weighted by atomic mass is 127. The molecule has 170 valence electrons. The number of rotatable bonds is 4. The highest BCUT2D eigenvalue weighted by Crippen LogP contribution is 2.34. The molecule has 6 nitrogen and oxygen atoms in total. The summed E-state index contributed by atoms with van der Waals surface area (Å²) in [5.74, 6) is 0.513. The number of fused-ring (bicyclic) bond motifs is 1. The third-order valence-corrected chi connectivity index (χ3v) is 8.00. The van der Waals surface area contributed by atoms with Gasteiger partial charge < -0.3 is 9.68 Å². The molecule has 5 rings (SSSR count). The molecule has 1 atom stereocenters. The standard InChI is InChI=1S/C13H15BrClIN4.C8H8BFO2/c1-7-9(5-10-12(15)19(2)18-13(10)16)11(14)20(17-7)6-8-3-4-8;1-5-7-4-6(10)2-3-8(7)9(11)12-5/h8H,3-6H2,1-2H3;2-5,11H,1H3/t;5-/m.1/s1. The number of hydrogen-bond acceptors (Lipinski definition) is 4. The van der Waals surface area contributed by atoms with E-state index in [0.29, 0.717) is 10.6 Å². The molecular weight excluding hydrogens is 612 g/mol. The van der Waals surface area contributed by atoms with E-state index in [4.69, 9.17) is 16.3 Å². The van der Waals surface area contributed by atoms with Gasteiger partial charge in [0, 0.05) is 31.1 Å². The third-order valence-electron chi connectivity index (χ3n) is 5.77. The zero-order valence-electron chi connectivity index (χ0n) is 17.9. The molecule has 32 heavy (non-hydrogen) atoms. The highest BCUT2D eigenvalue weighted by molar-refractivity contribution is 14.1. The number of aromatic nitrogens is 4. The van der Waals surface area contributed by atoms with Gasteiger partial charge in [-0.1, -0.05) is 17.7 Å². The fraction of sp³-hybridized carbons (Fsp3) is 0.429. The zero-order chi connectivity index (χ0) is 23.2. The van der Waals surface area contributed by atoms with Gasteiger partial charge in [-0.15, -0.1) is 0 Å². The summed E-state index contributed by atoms with van der Waals surface area (Å²) in [6, 6.07) is 4.28. The van der Waals surface area contributed by atoms with Crippen LogP contribution in [0.15, 0.2) is 22.8 Å². The minimum atomic E-state index is -0.893. The number of hydrogen-bond donors (Lipinski definition) is 1. The Labute approximate surface area is 213 Å². The van der Waals surface area contributed by atoms with Gasteiger partial charge in [-0.3, -0.25) is 9.36 Å². The molecule has 2 aliphatic rings. The molecule has 1 aliphatic carbocycles. The molecule has 0 unspecified atom stereocenters. The molecule has 11 heteroatoms. The summed E-state index contributed by atoms with van der Waals surface area (Å²) >= 11 is 12.3. The molecule has 0 bridgehead atoms. The largest absolute Gasteiger partial charge is 0.491 e. The van der Waals surface area contributed by atoms with Crippen molar-refractivity contribution in [3.05, 3.63) is 59.9 Å². The fourth-order valence-corrected chi connectivity index (χ4v) is 5.53. The lowest BCUT2D eigenvalue weighted by atomic mass is 9.79. The second-order valence-corrected chi connectivity index (χ2v) is 10.4. The lowest BCUT2D eigenvalue weighted by molar-refractivity contribution is 0.208. The van der Waals surface area contributed by atoms with Crippen LogP contribution in [-0.4, -0.2) is 31.7 Å². The van der Waals surface area contributed by atoms with Crippen molar-refractivity contribution in [3.63, 3.8) is 0 Å². The number of nitrogens with zero attached hydrogens (tertiary/aromatic N) is 4. The molecule has 0 saturated heterocycles. The highest BCUT2D eigenvalue weighted by Gasteiger charge is 2.32. The zero-order valence-corrected chi connectivity index (χ0v) is 22.4. The van der Waals surface area contributed by atoms with Crippen LogP contribution in [0, 0.1) is 22.4 Å². The van der Waals surface area contributed by atoms with E-state index < -0.39 is 7.12 Å². The predicted molar refractivity (Wildman–Crippen MR) is 135 cm³/mol. The quantitative estimate of drug-likeness (QED) is 0.338. The van der Waals surface area contributed by atoms with Gasteiger partial charge in [0.05, 0.1) is 11.8 Å². The van der Waals surface area contributed by atoms with Crippen molar-refractivity contribution >= 4 is 62.7 Å². The van der Waals surface area contributed by atoms with E-state index in [0.717, 1.165) is 44.0 Å². The number of halogens is 4. The third kappa shape index (κ3) is 5.09. The second-order valence-electron chi connectivity index (χ2n) is 8.24. The van der Waals surface area contributed by atoms with Gasteiger partial charge in [-0.2, -0.15) is 10.2 Å². The maximum atomic E-state index is 12.7. The SMILES string of the molecule is C[C@H]1OB(O)c2ccc(F)cc21.Cc1nn(CC2CC2)c(Br)c1Cc1c(I)nn(C)c1Cl. The Morgan fingerprint density at radius 3 is 2.69 bits per heavy atom. The van der Waals surface area contributed by atoms with Crippen molar-refractivity contribution in [2.45, 2.75) is 45.8 Å². The first-order valence-electron chi connectivity index (χ1n) is 10.4. The predicted octanol–water partition coefficient (Wildman–Crippen LogP) is 4.55. The smallest absolute Gasteiger partial charge is 0.423 e. The molecule has 3 aromatic rings. The molecular formula is C21H23BBrClFIN4O2. The minimum absolute atomic E-state index is 0.217. The van der Waals surface area contributed by atoms with Crippen LogP contribution in [0.3, 0.4) is 0 Å². The van der Waals surface area contributed by atoms with Crippen LogP contribution in [0.5, 0.6) is 0 Å². The van der Waals surface area contributed by atoms with Crippen LogP contribution in [0.1, 0.15) is 48.3 Å². The van der Waals surface area contributed by atoms with Gasteiger partial charge in [-0.05, 0) is 94.3 Å². The first kappa shape index (κ1) is 24.2. The van der Waals surface area contributed by atoms with Crippen LogP contribution < -0.4 is 5.46 Å². The first-order chi connectivity index (χ1) is 15.2. The summed E-state index contributed by atoms with van der Waals surface area (Å²) in [4.78, 5) is 0. The van der Waals surface area contributed by atoms with Gasteiger partial charge in [0.2, 0.25) is 0 Å². The molecule has 0 spiro atoms. The van der Waals surface area contributed by atoms with Crippen molar-refractivity contribution in [2.24, 2.45) is 13.0 Å². The first-order valence-corrected chi connectivity index (χ1v) is 12.6. The Kier molecular flexibility index (Phi) is 7.36. The lowest BCUT2D eigenvalue weighted by Gasteiger charge is -2.03. The van der Waals surface area contributed by atoms with Gasteiger partial charge in [0.1, 0.15) is 19.3 Å². The Hall–Kier alpha value is -0.945. The van der Waals surface area contributed by atoms with E-state index in [-0.39, 0.29) is 11.9 Å². The van der Waals surface area contributed by atoms with Crippen molar-refractivity contribution in [1.29, 1.82) is 0 Å². The monoisotopic (exact) mass is 634 g/mol. The average Bonchev–Trinajstić information content (AvgIpc) is 3.40. The summed E-state index contributed by atoms with van der Waals surface area (Å²) in [6.45, 7) is 4.86. The summed E-state index contributed by atoms with van der Waals surface area (Å²) in [7, 11) is 0.975.